The largest absolute Gasteiger partial charge is 0.353 e. The molecular formula is C25H31N5O2S2. The predicted octanol–water partition coefficient (Wildman–Crippen LogP) is 3.68. The van der Waals surface area contributed by atoms with Gasteiger partial charge in [0.2, 0.25) is 10.0 Å². The molecule has 4 heterocycles. The molecule has 0 atom stereocenters. The van der Waals surface area contributed by atoms with Crippen LogP contribution in [0.1, 0.15) is 41.9 Å². The number of aromatic nitrogens is 2. The minimum absolute atomic E-state index is 0.368. The highest BCUT2D eigenvalue weighted by Crippen LogP contribution is 2.41. The van der Waals surface area contributed by atoms with Crippen LogP contribution in [0.15, 0.2) is 35.2 Å². The molecule has 0 N–H and O–H groups in total. The first-order chi connectivity index (χ1) is 16.6. The van der Waals surface area contributed by atoms with Crippen LogP contribution in [-0.2, 0) is 29.4 Å². The zero-order chi connectivity index (χ0) is 23.1. The molecule has 0 bridgehead atoms. The lowest BCUT2D eigenvalue weighted by Crippen LogP contribution is -2.49. The summed E-state index contributed by atoms with van der Waals surface area (Å²) in [7, 11) is -3.47. The third-order valence-corrected chi connectivity index (χ3v) is 10.4. The van der Waals surface area contributed by atoms with Crippen LogP contribution in [0, 0.1) is 0 Å². The van der Waals surface area contributed by atoms with E-state index in [0.717, 1.165) is 48.9 Å². The maximum Gasteiger partial charge on any atom is 0.243 e. The van der Waals surface area contributed by atoms with Crippen molar-refractivity contribution in [1.82, 2.24) is 19.2 Å². The highest BCUT2D eigenvalue weighted by atomic mass is 32.2. The van der Waals surface area contributed by atoms with Gasteiger partial charge in [0, 0.05) is 31.1 Å². The molecule has 180 valence electrons. The number of anilines is 1. The molecular weight excluding hydrogens is 466 g/mol. The second-order valence-electron chi connectivity index (χ2n) is 9.54. The summed E-state index contributed by atoms with van der Waals surface area (Å²) in [5, 5.41) is 1.22. The molecule has 0 spiro atoms. The third-order valence-electron chi connectivity index (χ3n) is 7.32. The Kier molecular flexibility index (Phi) is 6.05. The number of piperazine rings is 1. The van der Waals surface area contributed by atoms with Crippen molar-refractivity contribution < 1.29 is 8.42 Å². The zero-order valence-corrected chi connectivity index (χ0v) is 21.1. The Morgan fingerprint density at radius 3 is 2.38 bits per heavy atom. The number of piperidine rings is 1. The van der Waals surface area contributed by atoms with E-state index in [2.05, 4.69) is 9.80 Å². The molecule has 9 heteroatoms. The lowest BCUT2D eigenvalue weighted by molar-refractivity contribution is 0.216. The molecule has 2 saturated heterocycles. The molecule has 1 aliphatic carbocycles. The lowest BCUT2D eigenvalue weighted by Gasteiger charge is -2.35. The van der Waals surface area contributed by atoms with Gasteiger partial charge in [0.25, 0.3) is 0 Å². The fraction of sp³-hybridized carbons (Fsp3) is 0.520. The monoisotopic (exact) mass is 497 g/mol. The third kappa shape index (κ3) is 4.12. The Morgan fingerprint density at radius 2 is 1.62 bits per heavy atom. The molecule has 1 aromatic carbocycles. The van der Waals surface area contributed by atoms with Crippen LogP contribution in [-0.4, -0.2) is 66.9 Å². The van der Waals surface area contributed by atoms with Gasteiger partial charge in [0.15, 0.2) is 0 Å². The SMILES string of the molecule is O=S(=O)(c1ccccc1)N1CCN(c2nc(CN3CCCCC3)nc3sc4c(c23)CCC4)CC1. The molecule has 6 rings (SSSR count). The minimum Gasteiger partial charge on any atom is -0.353 e. The number of sulfonamides is 1. The number of benzene rings is 1. The summed E-state index contributed by atoms with van der Waals surface area (Å²) >= 11 is 1.84. The number of fused-ring (bicyclic) bond motifs is 3. The standard InChI is InChI=1S/C25H31N5O2S2/c31-34(32,19-8-3-1-4-9-19)30-16-14-29(15-17-30)24-23-20-10-7-11-21(20)33-25(23)27-22(26-24)18-28-12-5-2-6-13-28/h1,3-4,8-9H,2,5-7,10-18H2. The van der Waals surface area contributed by atoms with Crippen molar-refractivity contribution in [2.45, 2.75) is 50.0 Å². The van der Waals surface area contributed by atoms with E-state index >= 15 is 0 Å². The Balaban J connectivity index is 1.29. The van der Waals surface area contributed by atoms with Crippen molar-refractivity contribution in [1.29, 1.82) is 0 Å². The van der Waals surface area contributed by atoms with Gasteiger partial charge in [-0.1, -0.05) is 24.6 Å². The Labute approximate surface area is 205 Å². The molecule has 2 fully saturated rings. The van der Waals surface area contributed by atoms with E-state index in [1.807, 2.05) is 17.4 Å². The van der Waals surface area contributed by atoms with Crippen molar-refractivity contribution in [2.75, 3.05) is 44.2 Å². The number of hydrogen-bond acceptors (Lipinski definition) is 7. The molecule has 0 unspecified atom stereocenters. The molecule has 3 aliphatic rings. The smallest absolute Gasteiger partial charge is 0.243 e. The summed E-state index contributed by atoms with van der Waals surface area (Å²) in [6.45, 7) is 5.26. The second kappa shape index (κ2) is 9.18. The van der Waals surface area contributed by atoms with Crippen LogP contribution in [0.5, 0.6) is 0 Å². The van der Waals surface area contributed by atoms with Gasteiger partial charge in [0.1, 0.15) is 16.5 Å². The Hall–Kier alpha value is -2.07. The Bertz CT molecular complexity index is 1280. The van der Waals surface area contributed by atoms with Gasteiger partial charge in [-0.15, -0.1) is 11.3 Å². The van der Waals surface area contributed by atoms with E-state index in [9.17, 15) is 8.42 Å². The summed E-state index contributed by atoms with van der Waals surface area (Å²) in [6.07, 6.45) is 7.25. The summed E-state index contributed by atoms with van der Waals surface area (Å²) in [4.78, 5) is 17.9. The number of hydrogen-bond donors (Lipinski definition) is 0. The van der Waals surface area contributed by atoms with Crippen LogP contribution in [0.25, 0.3) is 10.2 Å². The number of aryl methyl sites for hydroxylation is 2. The van der Waals surface area contributed by atoms with Crippen molar-refractivity contribution in [2.24, 2.45) is 0 Å². The highest BCUT2D eigenvalue weighted by molar-refractivity contribution is 7.89. The van der Waals surface area contributed by atoms with Gasteiger partial charge in [-0.25, -0.2) is 18.4 Å². The quantitative estimate of drug-likeness (QED) is 0.536. The number of rotatable bonds is 5. The van der Waals surface area contributed by atoms with Crippen LogP contribution in [0.4, 0.5) is 5.82 Å². The van der Waals surface area contributed by atoms with Crippen LogP contribution >= 0.6 is 11.3 Å². The number of thiophene rings is 1. The van der Waals surface area contributed by atoms with Gasteiger partial charge < -0.3 is 4.90 Å². The van der Waals surface area contributed by atoms with Gasteiger partial charge in [-0.3, -0.25) is 4.90 Å². The fourth-order valence-electron chi connectivity index (χ4n) is 5.52. The van der Waals surface area contributed by atoms with Gasteiger partial charge >= 0.3 is 0 Å². The van der Waals surface area contributed by atoms with E-state index in [1.54, 1.807) is 28.6 Å². The van der Waals surface area contributed by atoms with Crippen LogP contribution in [0.3, 0.4) is 0 Å². The fourth-order valence-corrected chi connectivity index (χ4v) is 8.24. The molecule has 2 aromatic heterocycles. The average molecular weight is 498 g/mol. The van der Waals surface area contributed by atoms with E-state index in [-0.39, 0.29) is 0 Å². The van der Waals surface area contributed by atoms with E-state index in [1.165, 1.54) is 41.5 Å². The summed E-state index contributed by atoms with van der Waals surface area (Å²) < 4.78 is 27.8. The van der Waals surface area contributed by atoms with Crippen molar-refractivity contribution in [3.63, 3.8) is 0 Å². The first-order valence-electron chi connectivity index (χ1n) is 12.4. The highest BCUT2D eigenvalue weighted by Gasteiger charge is 2.31. The average Bonchev–Trinajstić information content (AvgIpc) is 3.46. The summed E-state index contributed by atoms with van der Waals surface area (Å²) in [5.41, 5.74) is 1.43. The van der Waals surface area contributed by atoms with Crippen molar-refractivity contribution >= 4 is 37.4 Å². The first-order valence-corrected chi connectivity index (χ1v) is 14.7. The molecule has 0 radical (unpaired) electrons. The summed E-state index contributed by atoms with van der Waals surface area (Å²) in [5.74, 6) is 1.93. The molecule has 0 amide bonds. The van der Waals surface area contributed by atoms with Gasteiger partial charge in [0.05, 0.1) is 16.8 Å². The maximum absolute atomic E-state index is 13.1. The predicted molar refractivity (Wildman–Crippen MR) is 136 cm³/mol. The number of nitrogens with zero attached hydrogens (tertiary/aromatic N) is 5. The minimum atomic E-state index is -3.47. The molecule has 34 heavy (non-hydrogen) atoms. The first kappa shape index (κ1) is 22.4. The zero-order valence-electron chi connectivity index (χ0n) is 19.4. The van der Waals surface area contributed by atoms with Crippen molar-refractivity contribution in [3.8, 4) is 0 Å². The lowest BCUT2D eigenvalue weighted by atomic mass is 10.1. The molecule has 7 nitrogen and oxygen atoms in total. The van der Waals surface area contributed by atoms with E-state index in [0.29, 0.717) is 31.1 Å². The normalized spacial score (nSPS) is 20.2. The van der Waals surface area contributed by atoms with E-state index in [4.69, 9.17) is 9.97 Å². The Morgan fingerprint density at radius 1 is 0.853 bits per heavy atom. The maximum atomic E-state index is 13.1. The van der Waals surface area contributed by atoms with Crippen LogP contribution in [0.2, 0.25) is 0 Å². The van der Waals surface area contributed by atoms with Gasteiger partial charge in [-0.2, -0.15) is 4.31 Å². The van der Waals surface area contributed by atoms with Crippen LogP contribution < -0.4 is 4.90 Å². The molecule has 0 saturated carbocycles. The molecule has 2 aliphatic heterocycles. The van der Waals surface area contributed by atoms with Gasteiger partial charge in [-0.05, 0) is 62.9 Å². The molecule has 3 aromatic rings. The van der Waals surface area contributed by atoms with Crippen molar-refractivity contribution in [3.05, 3.63) is 46.6 Å². The topological polar surface area (TPSA) is 69.6 Å². The second-order valence-corrected chi connectivity index (χ2v) is 12.6. The summed E-state index contributed by atoms with van der Waals surface area (Å²) in [6, 6.07) is 8.76. The number of likely N-dealkylation sites (tertiary alicyclic amines) is 1. The van der Waals surface area contributed by atoms with E-state index < -0.39 is 10.0 Å².